The Morgan fingerprint density at radius 1 is 1.02 bits per heavy atom. The van der Waals surface area contributed by atoms with Gasteiger partial charge in [0.15, 0.2) is 5.78 Å². The first-order chi connectivity index (χ1) is 19.2. The number of aryl methyl sites for hydroxylation is 1. The minimum Gasteiger partial charge on any atom is -0.491 e. The van der Waals surface area contributed by atoms with E-state index in [4.69, 9.17) is 16.3 Å². The van der Waals surface area contributed by atoms with Crippen LogP contribution in [0.25, 0.3) is 0 Å². The normalized spacial score (nSPS) is 28.1. The third-order valence-corrected chi connectivity index (χ3v) is 9.39. The van der Waals surface area contributed by atoms with Gasteiger partial charge < -0.3 is 15.4 Å². The fourth-order valence-electron chi connectivity index (χ4n) is 7.92. The van der Waals surface area contributed by atoms with E-state index >= 15 is 0 Å². The van der Waals surface area contributed by atoms with Crippen LogP contribution in [0.4, 0.5) is 11.4 Å². The number of ether oxygens (including phenoxy) is 1. The molecule has 0 radical (unpaired) electrons. The molecule has 0 aliphatic carbocycles. The number of hydrogen-bond donors (Lipinski definition) is 2. The number of benzene rings is 3. The molecular weight excluding hydrogens is 526 g/mol. The second kappa shape index (κ2) is 8.66. The van der Waals surface area contributed by atoms with E-state index in [9.17, 15) is 14.4 Å². The molecule has 2 spiro atoms. The molecule has 0 bridgehead atoms. The summed E-state index contributed by atoms with van der Waals surface area (Å²) in [6.07, 6.45) is 1.52. The molecule has 2 N–H and O–H groups in total. The number of para-hydroxylation sites is 1. The number of nitrogens with zero attached hydrogens (tertiary/aromatic N) is 1. The van der Waals surface area contributed by atoms with Crippen molar-refractivity contribution in [3.05, 3.63) is 87.9 Å². The van der Waals surface area contributed by atoms with Gasteiger partial charge in [0.25, 0.3) is 5.91 Å². The maximum absolute atomic E-state index is 14.7. The molecule has 0 aromatic heterocycles. The molecule has 4 aliphatic rings. The zero-order valence-electron chi connectivity index (χ0n) is 22.6. The van der Waals surface area contributed by atoms with Crippen molar-refractivity contribution in [1.82, 2.24) is 4.90 Å². The molecule has 0 saturated carbocycles. The van der Waals surface area contributed by atoms with E-state index in [1.807, 2.05) is 57.2 Å². The number of nitrogens with one attached hydrogen (secondary N) is 2. The molecule has 2 fully saturated rings. The molecule has 204 valence electrons. The van der Waals surface area contributed by atoms with Gasteiger partial charge in [-0.1, -0.05) is 35.9 Å². The molecule has 4 heterocycles. The maximum atomic E-state index is 14.7. The second-order valence-electron chi connectivity index (χ2n) is 11.6. The van der Waals surface area contributed by atoms with Crippen molar-refractivity contribution in [3.63, 3.8) is 0 Å². The quantitative estimate of drug-likeness (QED) is 0.418. The number of amides is 2. The van der Waals surface area contributed by atoms with E-state index in [0.29, 0.717) is 51.8 Å². The molecule has 2 amide bonds. The predicted octanol–water partition coefficient (Wildman–Crippen LogP) is 5.45. The van der Waals surface area contributed by atoms with Crippen molar-refractivity contribution in [2.24, 2.45) is 5.92 Å². The van der Waals surface area contributed by atoms with Gasteiger partial charge in [-0.05, 0) is 87.7 Å². The molecular formula is C32H30ClN3O4. The number of fused-ring (bicyclic) bond motifs is 7. The third kappa shape index (κ3) is 3.02. The minimum atomic E-state index is -1.49. The van der Waals surface area contributed by atoms with Gasteiger partial charge in [0, 0.05) is 22.9 Å². The van der Waals surface area contributed by atoms with Gasteiger partial charge in [0.05, 0.1) is 22.7 Å². The Hall–Kier alpha value is -3.68. The van der Waals surface area contributed by atoms with Crippen molar-refractivity contribution in [3.8, 4) is 5.75 Å². The van der Waals surface area contributed by atoms with E-state index in [1.165, 1.54) is 0 Å². The van der Waals surface area contributed by atoms with E-state index < -0.39 is 16.9 Å². The highest BCUT2D eigenvalue weighted by molar-refractivity contribution is 6.35. The Morgan fingerprint density at radius 3 is 2.52 bits per heavy atom. The summed E-state index contributed by atoms with van der Waals surface area (Å²) < 4.78 is 5.80. The average Bonchev–Trinajstić information content (AvgIpc) is 3.63. The van der Waals surface area contributed by atoms with Crippen LogP contribution in [-0.4, -0.2) is 41.2 Å². The number of Topliss-reactive ketones (excluding diaryl/α,β-unsaturated/α-hetero) is 1. The zero-order chi connectivity index (χ0) is 28.0. The molecule has 3 aromatic carbocycles. The number of ketones is 1. The Labute approximate surface area is 237 Å². The van der Waals surface area contributed by atoms with Crippen LogP contribution in [0.5, 0.6) is 5.75 Å². The number of carbonyl (C=O) groups excluding carboxylic acids is 3. The van der Waals surface area contributed by atoms with Gasteiger partial charge >= 0.3 is 0 Å². The Morgan fingerprint density at radius 2 is 1.77 bits per heavy atom. The summed E-state index contributed by atoms with van der Waals surface area (Å²) >= 11 is 6.71. The lowest BCUT2D eigenvalue weighted by Gasteiger charge is -2.43. The molecule has 40 heavy (non-hydrogen) atoms. The van der Waals surface area contributed by atoms with E-state index in [-0.39, 0.29) is 29.7 Å². The average molecular weight is 556 g/mol. The summed E-state index contributed by atoms with van der Waals surface area (Å²) in [5.41, 5.74) is 0.928. The molecule has 4 aliphatic heterocycles. The SMILES string of the molecule is Cc1cc(Cl)c2c(c1)[C@@]1(C(=O)N2)N2CCC[C@@H]2[C@@H](C(=O)c2ccc(OC(C)C)cc2)[C@@]12C(=O)Nc1ccccc12. The summed E-state index contributed by atoms with van der Waals surface area (Å²) in [7, 11) is 0. The smallest absolute Gasteiger partial charge is 0.251 e. The van der Waals surface area contributed by atoms with Gasteiger partial charge in [0.2, 0.25) is 5.91 Å². The van der Waals surface area contributed by atoms with Crippen LogP contribution < -0.4 is 15.4 Å². The first-order valence-corrected chi connectivity index (χ1v) is 14.2. The standard InChI is InChI=1S/C32H30ClN3O4/c1-17(2)40-20-12-10-19(11-13-20)28(37)26-25-9-6-14-36(25)32(22-15-18(3)16-23(33)27(22)35-30(32)39)31(26)21-7-4-5-8-24(21)34-29(31)38/h4-5,7-8,10-13,15-17,25-26H,6,9,14H2,1-3H3,(H,34,38)(H,35,39)/t25-,26+,31+,32+/m1/s1. The van der Waals surface area contributed by atoms with E-state index in [1.54, 1.807) is 24.3 Å². The highest BCUT2D eigenvalue weighted by atomic mass is 35.5. The highest BCUT2D eigenvalue weighted by Gasteiger charge is 2.81. The Bertz CT molecular complexity index is 1600. The lowest BCUT2D eigenvalue weighted by Crippen LogP contribution is -2.62. The maximum Gasteiger partial charge on any atom is 0.251 e. The number of rotatable bonds is 4. The monoisotopic (exact) mass is 555 g/mol. The zero-order valence-corrected chi connectivity index (χ0v) is 23.3. The number of anilines is 2. The van der Waals surface area contributed by atoms with Crippen LogP contribution in [0.3, 0.4) is 0 Å². The topological polar surface area (TPSA) is 87.7 Å². The Balaban J connectivity index is 1.51. The number of carbonyl (C=O) groups is 3. The van der Waals surface area contributed by atoms with E-state index in [0.717, 1.165) is 12.0 Å². The predicted molar refractivity (Wildman–Crippen MR) is 153 cm³/mol. The van der Waals surface area contributed by atoms with Gasteiger partial charge in [-0.25, -0.2) is 0 Å². The Kier molecular flexibility index (Phi) is 5.48. The van der Waals surface area contributed by atoms with Crippen molar-refractivity contribution in [1.29, 1.82) is 0 Å². The van der Waals surface area contributed by atoms with Crippen LogP contribution in [0, 0.1) is 12.8 Å². The van der Waals surface area contributed by atoms with Crippen LogP contribution in [0.2, 0.25) is 5.02 Å². The lowest BCUT2D eigenvalue weighted by molar-refractivity contribution is -0.137. The van der Waals surface area contributed by atoms with Gasteiger partial charge in [-0.3, -0.25) is 19.3 Å². The van der Waals surface area contributed by atoms with Crippen LogP contribution in [0.1, 0.15) is 53.7 Å². The molecule has 8 heteroatoms. The van der Waals surface area contributed by atoms with Crippen molar-refractivity contribution >= 4 is 40.6 Å². The van der Waals surface area contributed by atoms with Crippen LogP contribution >= 0.6 is 11.6 Å². The minimum absolute atomic E-state index is 0.00136. The number of halogens is 1. The third-order valence-electron chi connectivity index (χ3n) is 9.09. The molecule has 2 saturated heterocycles. The first kappa shape index (κ1) is 25.3. The summed E-state index contributed by atoms with van der Waals surface area (Å²) in [5.74, 6) is -0.931. The largest absolute Gasteiger partial charge is 0.491 e. The van der Waals surface area contributed by atoms with Crippen LogP contribution in [0.15, 0.2) is 60.7 Å². The highest BCUT2D eigenvalue weighted by Crippen LogP contribution is 2.68. The van der Waals surface area contributed by atoms with Crippen molar-refractivity contribution < 1.29 is 19.1 Å². The summed E-state index contributed by atoms with van der Waals surface area (Å²) in [6, 6.07) is 18.0. The molecule has 4 atom stereocenters. The molecule has 3 aromatic rings. The lowest BCUT2D eigenvalue weighted by atomic mass is 9.57. The van der Waals surface area contributed by atoms with Gasteiger partial charge in [0.1, 0.15) is 16.7 Å². The van der Waals surface area contributed by atoms with Gasteiger partial charge in [-0.15, -0.1) is 0 Å². The van der Waals surface area contributed by atoms with Crippen molar-refractivity contribution in [2.75, 3.05) is 17.2 Å². The number of hydrogen-bond acceptors (Lipinski definition) is 5. The summed E-state index contributed by atoms with van der Waals surface area (Å²) in [6.45, 7) is 6.41. The van der Waals surface area contributed by atoms with Crippen LogP contribution in [-0.2, 0) is 20.5 Å². The van der Waals surface area contributed by atoms with Gasteiger partial charge in [-0.2, -0.15) is 0 Å². The molecule has 7 rings (SSSR count). The fraction of sp³-hybridized carbons (Fsp3) is 0.344. The first-order valence-electron chi connectivity index (χ1n) is 13.8. The van der Waals surface area contributed by atoms with E-state index in [2.05, 4.69) is 15.5 Å². The summed E-state index contributed by atoms with van der Waals surface area (Å²) in [4.78, 5) is 45.9. The molecule has 0 unspecified atom stereocenters. The summed E-state index contributed by atoms with van der Waals surface area (Å²) in [5, 5.41) is 6.54. The van der Waals surface area contributed by atoms with Crippen molar-refractivity contribution in [2.45, 2.75) is 56.7 Å². The fourth-order valence-corrected chi connectivity index (χ4v) is 8.24. The second-order valence-corrected chi connectivity index (χ2v) is 12.0. The molecule has 7 nitrogen and oxygen atoms in total.